The van der Waals surface area contributed by atoms with Crippen molar-refractivity contribution in [3.05, 3.63) is 17.1 Å². The van der Waals surface area contributed by atoms with Gasteiger partial charge in [-0.05, 0) is 50.5 Å². The number of nitrogens with one attached hydrogen (secondary N) is 1. The molecule has 1 aliphatic carbocycles. The third kappa shape index (κ3) is 5.50. The first kappa shape index (κ1) is 23.0. The fraction of sp³-hybridized carbons (Fsp3) is 0.714. The quantitative estimate of drug-likeness (QED) is 0.494. The molecule has 9 heteroatoms. The van der Waals surface area contributed by atoms with E-state index in [2.05, 4.69) is 14.3 Å². The van der Waals surface area contributed by atoms with Crippen LogP contribution in [0.25, 0.3) is 11.0 Å². The Kier molecular flexibility index (Phi) is 8.07. The highest BCUT2D eigenvalue weighted by Crippen LogP contribution is 2.31. The molecule has 0 amide bonds. The van der Waals surface area contributed by atoms with Gasteiger partial charge in [-0.2, -0.15) is 0 Å². The molecule has 8 nitrogen and oxygen atoms in total. The molecule has 3 rings (SSSR count). The summed E-state index contributed by atoms with van der Waals surface area (Å²) in [5.74, 6) is 1.67. The van der Waals surface area contributed by atoms with Crippen molar-refractivity contribution in [3.8, 4) is 0 Å². The van der Waals surface area contributed by atoms with Crippen LogP contribution in [-0.2, 0) is 40.6 Å². The van der Waals surface area contributed by atoms with Gasteiger partial charge >= 0.3 is 0 Å². The molecule has 2 heterocycles. The Morgan fingerprint density at radius 3 is 2.73 bits per heavy atom. The van der Waals surface area contributed by atoms with E-state index in [4.69, 9.17) is 15.5 Å². The Labute approximate surface area is 179 Å². The van der Waals surface area contributed by atoms with E-state index in [0.717, 1.165) is 74.0 Å². The van der Waals surface area contributed by atoms with Crippen LogP contribution in [0.1, 0.15) is 62.5 Å². The number of ether oxygens (including phenoxy) is 1. The number of nitrogens with two attached hydrogens (primary N) is 1. The summed E-state index contributed by atoms with van der Waals surface area (Å²) in [5, 5.41) is 0. The number of methoxy groups -OCH3 is 1. The van der Waals surface area contributed by atoms with Crippen LogP contribution < -0.4 is 10.5 Å². The van der Waals surface area contributed by atoms with E-state index in [-0.39, 0.29) is 5.75 Å². The lowest BCUT2D eigenvalue weighted by Crippen LogP contribution is -2.27. The highest BCUT2D eigenvalue weighted by Gasteiger charge is 2.22. The second-order valence-electron chi connectivity index (χ2n) is 8.02. The van der Waals surface area contributed by atoms with E-state index in [0.29, 0.717) is 31.8 Å². The Morgan fingerprint density at radius 1 is 1.17 bits per heavy atom. The van der Waals surface area contributed by atoms with Crippen molar-refractivity contribution in [2.24, 2.45) is 0 Å². The van der Waals surface area contributed by atoms with Crippen LogP contribution in [0, 0.1) is 0 Å². The topological polar surface area (TPSA) is 112 Å². The summed E-state index contributed by atoms with van der Waals surface area (Å²) in [6, 6.07) is 0. The third-order valence-corrected chi connectivity index (χ3v) is 7.17. The van der Waals surface area contributed by atoms with E-state index >= 15 is 0 Å². The zero-order valence-electron chi connectivity index (χ0n) is 18.2. The van der Waals surface area contributed by atoms with Gasteiger partial charge < -0.3 is 15.0 Å². The number of hydrogen-bond acceptors (Lipinski definition) is 6. The van der Waals surface area contributed by atoms with Crippen LogP contribution >= 0.6 is 0 Å². The third-order valence-electron chi connectivity index (χ3n) is 5.70. The smallest absolute Gasteiger partial charge is 0.211 e. The van der Waals surface area contributed by atoms with Crippen molar-refractivity contribution in [3.63, 3.8) is 0 Å². The summed E-state index contributed by atoms with van der Waals surface area (Å²) in [7, 11) is -1.47. The van der Waals surface area contributed by atoms with Crippen LogP contribution in [0.5, 0.6) is 0 Å². The Bertz CT molecular complexity index is 955. The number of sulfonamides is 1. The largest absolute Gasteiger partial charge is 0.384 e. The van der Waals surface area contributed by atoms with Gasteiger partial charge in [-0.1, -0.05) is 13.3 Å². The van der Waals surface area contributed by atoms with Gasteiger partial charge in [0.1, 0.15) is 11.3 Å². The first-order valence-corrected chi connectivity index (χ1v) is 12.7. The molecule has 0 aliphatic heterocycles. The summed E-state index contributed by atoms with van der Waals surface area (Å²) in [5.41, 5.74) is 10.6. The average Bonchev–Trinajstić information content (AvgIpc) is 3.10. The van der Waals surface area contributed by atoms with E-state index in [1.807, 2.05) is 6.92 Å². The molecule has 0 radical (unpaired) electrons. The molecule has 30 heavy (non-hydrogen) atoms. The van der Waals surface area contributed by atoms with Gasteiger partial charge in [0.15, 0.2) is 5.82 Å². The summed E-state index contributed by atoms with van der Waals surface area (Å²) < 4.78 is 34.2. The van der Waals surface area contributed by atoms with Crippen LogP contribution in [-0.4, -0.2) is 49.0 Å². The lowest BCUT2D eigenvalue weighted by molar-refractivity contribution is 0.199. The lowest BCUT2D eigenvalue weighted by atomic mass is 9.95. The second-order valence-corrected chi connectivity index (χ2v) is 9.95. The second kappa shape index (κ2) is 10.5. The minimum atomic E-state index is -3.16. The fourth-order valence-corrected chi connectivity index (χ4v) is 5.37. The van der Waals surface area contributed by atoms with Crippen molar-refractivity contribution < 1.29 is 13.2 Å². The molecule has 0 unspecified atom stereocenters. The molecule has 0 saturated heterocycles. The number of pyridine rings is 1. The number of unbranched alkanes of at least 4 members (excludes halogenated alkanes) is 2. The predicted molar refractivity (Wildman–Crippen MR) is 120 cm³/mol. The summed E-state index contributed by atoms with van der Waals surface area (Å²) in [6.07, 6.45) is 8.19. The first-order chi connectivity index (χ1) is 14.5. The number of anilines is 1. The van der Waals surface area contributed by atoms with E-state index in [9.17, 15) is 8.42 Å². The van der Waals surface area contributed by atoms with Gasteiger partial charge in [0.25, 0.3) is 0 Å². The molecule has 0 fully saturated rings. The number of hydrogen-bond donors (Lipinski definition) is 2. The van der Waals surface area contributed by atoms with Gasteiger partial charge in [-0.25, -0.2) is 23.1 Å². The van der Waals surface area contributed by atoms with Gasteiger partial charge in [-0.15, -0.1) is 0 Å². The molecule has 0 bridgehead atoms. The van der Waals surface area contributed by atoms with Gasteiger partial charge in [0.05, 0.1) is 17.9 Å². The number of nitrogen functional groups attached to an aromatic ring is 1. The summed E-state index contributed by atoms with van der Waals surface area (Å²) in [4.78, 5) is 9.45. The molecule has 0 saturated carbocycles. The molecule has 168 valence electrons. The molecule has 2 aromatic rings. The fourth-order valence-electron chi connectivity index (χ4n) is 4.10. The van der Waals surface area contributed by atoms with E-state index < -0.39 is 10.0 Å². The van der Waals surface area contributed by atoms with Crippen molar-refractivity contribution >= 4 is 26.9 Å². The van der Waals surface area contributed by atoms with Crippen LogP contribution in [0.2, 0.25) is 0 Å². The normalized spacial score (nSPS) is 14.3. The predicted octanol–water partition coefficient (Wildman–Crippen LogP) is 2.58. The summed E-state index contributed by atoms with van der Waals surface area (Å²) >= 11 is 0. The maximum absolute atomic E-state index is 12.0. The standard InChI is InChI=1S/C21H35N5O3S/c1-3-4-15-30(27,28)23-12-7-8-13-26-18(11-14-29-2)25-19-20(26)16-9-5-6-10-17(16)24-21(19)22/h23H,3-15H2,1-2H3,(H2,22,24). The number of aromatic nitrogens is 3. The minimum Gasteiger partial charge on any atom is -0.384 e. The van der Waals surface area contributed by atoms with Crippen LogP contribution in [0.4, 0.5) is 5.82 Å². The number of aryl methyl sites for hydroxylation is 3. The molecule has 0 spiro atoms. The van der Waals surface area contributed by atoms with Crippen molar-refractivity contribution in [1.82, 2.24) is 19.3 Å². The number of fused-ring (bicyclic) bond motifs is 3. The minimum absolute atomic E-state index is 0.204. The summed E-state index contributed by atoms with van der Waals surface area (Å²) in [6.45, 7) is 3.83. The Morgan fingerprint density at radius 2 is 1.97 bits per heavy atom. The SMILES string of the molecule is CCCCS(=O)(=O)NCCCCn1c(CCOC)nc2c(N)nc3c(c21)CCCC3. The van der Waals surface area contributed by atoms with Gasteiger partial charge in [0.2, 0.25) is 10.0 Å². The van der Waals surface area contributed by atoms with Crippen LogP contribution in [0.3, 0.4) is 0 Å². The maximum atomic E-state index is 12.0. The highest BCUT2D eigenvalue weighted by atomic mass is 32.2. The number of nitrogens with zero attached hydrogens (tertiary/aromatic N) is 3. The van der Waals surface area contributed by atoms with Gasteiger partial charge in [-0.3, -0.25) is 0 Å². The first-order valence-electron chi connectivity index (χ1n) is 11.1. The van der Waals surface area contributed by atoms with E-state index in [1.54, 1.807) is 7.11 Å². The van der Waals surface area contributed by atoms with Crippen molar-refractivity contribution in [2.75, 3.05) is 31.7 Å². The Balaban J connectivity index is 1.75. The maximum Gasteiger partial charge on any atom is 0.211 e. The van der Waals surface area contributed by atoms with E-state index in [1.165, 1.54) is 5.56 Å². The molecule has 3 N–H and O–H groups in total. The molecule has 2 aromatic heterocycles. The highest BCUT2D eigenvalue weighted by molar-refractivity contribution is 7.89. The molecular weight excluding hydrogens is 402 g/mol. The number of imidazole rings is 1. The number of rotatable bonds is 12. The lowest BCUT2D eigenvalue weighted by Gasteiger charge is -2.18. The molecular formula is C21H35N5O3S. The zero-order chi connectivity index (χ0) is 21.6. The molecule has 1 aliphatic rings. The molecule has 0 atom stereocenters. The average molecular weight is 438 g/mol. The monoisotopic (exact) mass is 437 g/mol. The molecule has 0 aromatic carbocycles. The van der Waals surface area contributed by atoms with Crippen molar-refractivity contribution in [1.29, 1.82) is 0 Å². The van der Waals surface area contributed by atoms with Crippen LogP contribution in [0.15, 0.2) is 0 Å². The van der Waals surface area contributed by atoms with Gasteiger partial charge in [0, 0.05) is 32.3 Å². The Hall–Kier alpha value is -1.71. The zero-order valence-corrected chi connectivity index (χ0v) is 19.1. The van der Waals surface area contributed by atoms with Crippen molar-refractivity contribution in [2.45, 2.75) is 71.3 Å².